The molecular weight excluding hydrogens is 428 g/mol. The van der Waals surface area contributed by atoms with Crippen LogP contribution in [0, 0.1) is 0 Å². The minimum Gasteiger partial charge on any atom is -0.493 e. The van der Waals surface area contributed by atoms with Gasteiger partial charge in [-0.25, -0.2) is 9.78 Å². The van der Waals surface area contributed by atoms with E-state index < -0.39 is 18.1 Å². The van der Waals surface area contributed by atoms with Gasteiger partial charge in [-0.2, -0.15) is 0 Å². The number of carbonyl (C=O) groups excluding carboxylic acids is 2. The second kappa shape index (κ2) is 10.6. The molecule has 0 aliphatic carbocycles. The summed E-state index contributed by atoms with van der Waals surface area (Å²) in [5.41, 5.74) is 1.78. The van der Waals surface area contributed by atoms with Gasteiger partial charge in [0.1, 0.15) is 6.04 Å². The van der Waals surface area contributed by atoms with Crippen LogP contribution in [-0.4, -0.2) is 41.0 Å². The van der Waals surface area contributed by atoms with Crippen molar-refractivity contribution in [2.75, 3.05) is 13.7 Å². The number of benzene rings is 1. The third-order valence-corrected chi connectivity index (χ3v) is 4.71. The summed E-state index contributed by atoms with van der Waals surface area (Å²) in [6.07, 6.45) is 0.388. The van der Waals surface area contributed by atoms with Crippen LogP contribution in [0.1, 0.15) is 61.6 Å². The van der Waals surface area contributed by atoms with Crippen LogP contribution in [-0.2, 0) is 4.74 Å². The van der Waals surface area contributed by atoms with Crippen LogP contribution >= 0.6 is 0 Å². The molecule has 1 N–H and O–H groups in total. The maximum absolute atomic E-state index is 12.9. The van der Waals surface area contributed by atoms with Crippen molar-refractivity contribution in [3.8, 4) is 23.0 Å². The Morgan fingerprint density at radius 2 is 1.94 bits per heavy atom. The predicted octanol–water partition coefficient (Wildman–Crippen LogP) is 4.29. The number of hydrogen-bond donors (Lipinski definition) is 1. The van der Waals surface area contributed by atoms with Gasteiger partial charge in [0.15, 0.2) is 11.4 Å². The van der Waals surface area contributed by atoms with E-state index in [2.05, 4.69) is 34.3 Å². The fraction of sp³-hybridized carbons (Fsp3) is 0.348. The first kappa shape index (κ1) is 23.7. The smallest absolute Gasteiger partial charge is 0.493 e. The molecule has 0 saturated carbocycles. The Bertz CT molecular complexity index is 1130. The van der Waals surface area contributed by atoms with E-state index in [1.54, 1.807) is 13.8 Å². The van der Waals surface area contributed by atoms with Crippen molar-refractivity contribution in [3.05, 3.63) is 53.7 Å². The molecule has 0 aliphatic rings. The third-order valence-electron chi connectivity index (χ3n) is 4.71. The number of carbonyl (C=O) groups is 2. The monoisotopic (exact) mass is 454 g/mol. The predicted molar refractivity (Wildman–Crippen MR) is 118 cm³/mol. The molecule has 10 nitrogen and oxygen atoms in total. The summed E-state index contributed by atoms with van der Waals surface area (Å²) in [5.74, 6) is 0.290. The van der Waals surface area contributed by atoms with Crippen LogP contribution in [0.25, 0.3) is 11.5 Å². The van der Waals surface area contributed by atoms with E-state index >= 15 is 0 Å². The number of methoxy groups -OCH3 is 1. The number of nitrogens with zero attached hydrogens (tertiary/aromatic N) is 3. The first-order valence-corrected chi connectivity index (χ1v) is 10.5. The quantitative estimate of drug-likeness (QED) is 0.496. The van der Waals surface area contributed by atoms with Crippen LogP contribution in [0.3, 0.4) is 0 Å². The molecule has 3 rings (SSSR count). The van der Waals surface area contributed by atoms with E-state index in [0.29, 0.717) is 11.8 Å². The molecular formula is C23H26N4O6. The number of ether oxygens (including phenoxy) is 3. The van der Waals surface area contributed by atoms with Gasteiger partial charge in [0.25, 0.3) is 5.91 Å². The van der Waals surface area contributed by atoms with Gasteiger partial charge in [-0.05, 0) is 37.5 Å². The zero-order valence-electron chi connectivity index (χ0n) is 19.1. The fourth-order valence-corrected chi connectivity index (χ4v) is 2.97. The molecule has 0 saturated heterocycles. The van der Waals surface area contributed by atoms with Crippen molar-refractivity contribution in [1.82, 2.24) is 20.5 Å². The SMILES string of the molecule is CCOC(=O)Oc1c(OC)ccnc1C(=O)N[C@@H](C)c1nnc(-c2cccc(C(C)C)c2)o1. The van der Waals surface area contributed by atoms with E-state index in [-0.39, 0.29) is 29.7 Å². The van der Waals surface area contributed by atoms with E-state index in [4.69, 9.17) is 18.6 Å². The van der Waals surface area contributed by atoms with Crippen LogP contribution in [0.5, 0.6) is 11.5 Å². The molecule has 0 unspecified atom stereocenters. The molecule has 174 valence electrons. The fourth-order valence-electron chi connectivity index (χ4n) is 2.97. The lowest BCUT2D eigenvalue weighted by Crippen LogP contribution is -2.28. The number of aromatic nitrogens is 3. The highest BCUT2D eigenvalue weighted by molar-refractivity contribution is 5.96. The molecule has 0 fully saturated rings. The molecule has 0 aliphatic heterocycles. The molecule has 0 radical (unpaired) electrons. The molecule has 0 bridgehead atoms. The lowest BCUT2D eigenvalue weighted by atomic mass is 10.0. The maximum atomic E-state index is 12.9. The van der Waals surface area contributed by atoms with Crippen molar-refractivity contribution in [3.63, 3.8) is 0 Å². The van der Waals surface area contributed by atoms with Crippen molar-refractivity contribution in [1.29, 1.82) is 0 Å². The topological polar surface area (TPSA) is 126 Å². The molecule has 3 aromatic rings. The largest absolute Gasteiger partial charge is 0.514 e. The van der Waals surface area contributed by atoms with Crippen LogP contribution < -0.4 is 14.8 Å². The highest BCUT2D eigenvalue weighted by atomic mass is 16.7. The molecule has 1 atom stereocenters. The Morgan fingerprint density at radius 3 is 2.64 bits per heavy atom. The molecule has 0 spiro atoms. The maximum Gasteiger partial charge on any atom is 0.514 e. The van der Waals surface area contributed by atoms with Crippen LogP contribution in [0.2, 0.25) is 0 Å². The number of amides is 1. The summed E-state index contributed by atoms with van der Waals surface area (Å²) in [5, 5.41) is 10.9. The van der Waals surface area contributed by atoms with Gasteiger partial charge >= 0.3 is 6.16 Å². The number of pyridine rings is 1. The lowest BCUT2D eigenvalue weighted by molar-refractivity contribution is 0.0911. The average molecular weight is 454 g/mol. The Hall–Kier alpha value is -3.95. The molecule has 10 heteroatoms. The van der Waals surface area contributed by atoms with Gasteiger partial charge < -0.3 is 23.9 Å². The molecule has 1 aromatic carbocycles. The van der Waals surface area contributed by atoms with Gasteiger partial charge in [0.05, 0.1) is 13.7 Å². The number of rotatable bonds is 8. The van der Waals surface area contributed by atoms with Crippen LogP contribution in [0.4, 0.5) is 4.79 Å². The summed E-state index contributed by atoms with van der Waals surface area (Å²) in [4.78, 5) is 28.7. The highest BCUT2D eigenvalue weighted by Crippen LogP contribution is 2.30. The number of hydrogen-bond acceptors (Lipinski definition) is 9. The Balaban J connectivity index is 1.79. The zero-order chi connectivity index (χ0) is 24.0. The molecule has 1 amide bonds. The van der Waals surface area contributed by atoms with Gasteiger partial charge in [-0.15, -0.1) is 10.2 Å². The van der Waals surface area contributed by atoms with E-state index in [1.165, 1.54) is 19.4 Å². The summed E-state index contributed by atoms with van der Waals surface area (Å²) >= 11 is 0. The van der Waals surface area contributed by atoms with Gasteiger partial charge in [-0.1, -0.05) is 26.0 Å². The van der Waals surface area contributed by atoms with Crippen LogP contribution in [0.15, 0.2) is 40.9 Å². The molecule has 2 heterocycles. The Morgan fingerprint density at radius 1 is 1.15 bits per heavy atom. The standard InChI is InChI=1S/C23H26N4O6/c1-6-31-23(29)32-19-17(30-5)10-11-24-18(19)20(28)25-14(4)21-26-27-22(33-21)16-9-7-8-15(12-16)13(2)3/h7-14H,6H2,1-5H3,(H,25,28)/t14-/m0/s1. The van der Waals surface area contributed by atoms with Crippen molar-refractivity contribution in [2.24, 2.45) is 0 Å². The minimum atomic E-state index is -0.976. The molecule has 2 aromatic heterocycles. The van der Waals surface area contributed by atoms with Gasteiger partial charge in [0, 0.05) is 17.8 Å². The highest BCUT2D eigenvalue weighted by Gasteiger charge is 2.25. The minimum absolute atomic E-state index is 0.111. The summed E-state index contributed by atoms with van der Waals surface area (Å²) in [7, 11) is 1.38. The number of nitrogens with one attached hydrogen (secondary N) is 1. The lowest BCUT2D eigenvalue weighted by Gasteiger charge is -2.14. The van der Waals surface area contributed by atoms with E-state index in [1.807, 2.05) is 24.3 Å². The second-order valence-corrected chi connectivity index (χ2v) is 7.40. The summed E-state index contributed by atoms with van der Waals surface area (Å²) < 4.78 is 20.9. The van der Waals surface area contributed by atoms with Crippen molar-refractivity contribution >= 4 is 12.1 Å². The normalized spacial score (nSPS) is 11.7. The molecule has 33 heavy (non-hydrogen) atoms. The van der Waals surface area contributed by atoms with Crippen molar-refractivity contribution < 1.29 is 28.2 Å². The zero-order valence-corrected chi connectivity index (χ0v) is 19.1. The average Bonchev–Trinajstić information content (AvgIpc) is 3.30. The first-order chi connectivity index (χ1) is 15.8. The Kier molecular flexibility index (Phi) is 7.60. The first-order valence-electron chi connectivity index (χ1n) is 10.5. The third kappa shape index (κ3) is 5.65. The Labute approximate surface area is 191 Å². The van der Waals surface area contributed by atoms with Gasteiger partial charge in [0.2, 0.25) is 17.5 Å². The summed E-state index contributed by atoms with van der Waals surface area (Å²) in [6.45, 7) is 7.63. The van der Waals surface area contributed by atoms with E-state index in [0.717, 1.165) is 11.1 Å². The van der Waals surface area contributed by atoms with Crippen molar-refractivity contribution in [2.45, 2.75) is 39.7 Å². The second-order valence-electron chi connectivity index (χ2n) is 7.40. The van der Waals surface area contributed by atoms with Gasteiger partial charge in [-0.3, -0.25) is 4.79 Å². The summed E-state index contributed by atoms with van der Waals surface area (Å²) in [6, 6.07) is 8.65. The van der Waals surface area contributed by atoms with E-state index in [9.17, 15) is 9.59 Å².